The number of carbonyl (C=O) groups is 1. The molecule has 0 aliphatic carbocycles. The summed E-state index contributed by atoms with van der Waals surface area (Å²) in [7, 11) is -0.335. The molecule has 0 aromatic heterocycles. The van der Waals surface area contributed by atoms with Gasteiger partial charge in [-0.25, -0.2) is 8.42 Å². The number of fused-ring (bicyclic) bond motifs is 3. The van der Waals surface area contributed by atoms with Gasteiger partial charge in [-0.3, -0.25) is 9.52 Å². The lowest BCUT2D eigenvalue weighted by atomic mass is 9.84. The number of aliphatic hydroxyl groups excluding tert-OH is 1. The summed E-state index contributed by atoms with van der Waals surface area (Å²) in [4.78, 5) is 13.9. The zero-order chi connectivity index (χ0) is 22.2. The van der Waals surface area contributed by atoms with Gasteiger partial charge in [-0.05, 0) is 36.8 Å². The average molecular weight is 447 g/mol. The lowest BCUT2D eigenvalue weighted by Gasteiger charge is -2.37. The Kier molecular flexibility index (Phi) is 5.92. The number of anilines is 1. The fourth-order valence-corrected chi connectivity index (χ4v) is 5.21. The second kappa shape index (κ2) is 8.49. The Morgan fingerprint density at radius 2 is 1.94 bits per heavy atom. The molecule has 2 aromatic carbocycles. The standard InChI is InChI=1S/C22H26N2O6S/c1-24(2)21(26)12-15-11-18-17-10-14(23-31(27,28)16-6-4-3-5-7-16)8-9-19(17)30-22(18)20(13-25)29-15/h3-10,15,18,20,22-23,25H,11-13H2,1-2H3/t15-,18+,20-,22-/m0/s1. The van der Waals surface area contributed by atoms with E-state index in [0.29, 0.717) is 17.9 Å². The van der Waals surface area contributed by atoms with Crippen molar-refractivity contribution >= 4 is 21.6 Å². The van der Waals surface area contributed by atoms with E-state index in [1.54, 1.807) is 50.5 Å². The molecule has 4 rings (SSSR count). The first-order valence-electron chi connectivity index (χ1n) is 10.1. The number of aliphatic hydroxyl groups is 1. The third-order valence-electron chi connectivity index (χ3n) is 5.71. The summed E-state index contributed by atoms with van der Waals surface area (Å²) < 4.78 is 39.9. The van der Waals surface area contributed by atoms with Gasteiger partial charge in [0.1, 0.15) is 18.0 Å². The Morgan fingerprint density at radius 3 is 2.61 bits per heavy atom. The van der Waals surface area contributed by atoms with Crippen LogP contribution < -0.4 is 9.46 Å². The molecular weight excluding hydrogens is 420 g/mol. The van der Waals surface area contributed by atoms with Gasteiger partial charge in [-0.1, -0.05) is 18.2 Å². The number of benzene rings is 2. The van der Waals surface area contributed by atoms with Crippen molar-refractivity contribution in [1.82, 2.24) is 4.90 Å². The van der Waals surface area contributed by atoms with E-state index in [1.165, 1.54) is 17.0 Å². The molecule has 2 aromatic rings. The molecule has 0 radical (unpaired) electrons. The van der Waals surface area contributed by atoms with Gasteiger partial charge >= 0.3 is 0 Å². The van der Waals surface area contributed by atoms with Gasteiger partial charge in [0, 0.05) is 31.3 Å². The first kappa shape index (κ1) is 21.6. The molecule has 2 N–H and O–H groups in total. The number of nitrogens with zero attached hydrogens (tertiary/aromatic N) is 1. The molecule has 9 heteroatoms. The lowest BCUT2D eigenvalue weighted by Crippen LogP contribution is -2.47. The van der Waals surface area contributed by atoms with Crippen LogP contribution >= 0.6 is 0 Å². The molecule has 31 heavy (non-hydrogen) atoms. The highest BCUT2D eigenvalue weighted by Gasteiger charge is 2.46. The number of sulfonamides is 1. The number of rotatable bonds is 6. The monoisotopic (exact) mass is 446 g/mol. The third-order valence-corrected chi connectivity index (χ3v) is 7.10. The molecule has 1 fully saturated rings. The number of hydrogen-bond acceptors (Lipinski definition) is 6. The van der Waals surface area contributed by atoms with Crippen LogP contribution in [0.25, 0.3) is 0 Å². The maximum absolute atomic E-state index is 12.7. The van der Waals surface area contributed by atoms with Crippen molar-refractivity contribution in [2.75, 3.05) is 25.4 Å². The number of hydrogen-bond donors (Lipinski definition) is 2. The van der Waals surface area contributed by atoms with Gasteiger partial charge in [0.15, 0.2) is 0 Å². The summed E-state index contributed by atoms with van der Waals surface area (Å²) in [6.07, 6.45) is -0.542. The van der Waals surface area contributed by atoms with Gasteiger partial charge in [-0.15, -0.1) is 0 Å². The van der Waals surface area contributed by atoms with E-state index < -0.39 is 16.1 Å². The predicted octanol–water partition coefficient (Wildman–Crippen LogP) is 1.96. The van der Waals surface area contributed by atoms with Gasteiger partial charge in [0.25, 0.3) is 10.0 Å². The summed E-state index contributed by atoms with van der Waals surface area (Å²) in [6.45, 7) is -0.227. The second-order valence-corrected chi connectivity index (χ2v) is 9.75. The Bertz CT molecular complexity index is 1060. The minimum absolute atomic E-state index is 0.0522. The molecule has 2 aliphatic rings. The Labute approximate surface area is 181 Å². The summed E-state index contributed by atoms with van der Waals surface area (Å²) in [5, 5.41) is 9.82. The molecule has 1 amide bonds. The quantitative estimate of drug-likeness (QED) is 0.703. The van der Waals surface area contributed by atoms with Gasteiger partial charge in [0.05, 0.1) is 24.0 Å². The average Bonchev–Trinajstić information content (AvgIpc) is 3.11. The number of ether oxygens (including phenoxy) is 2. The van der Waals surface area contributed by atoms with Crippen LogP contribution in [0.2, 0.25) is 0 Å². The van der Waals surface area contributed by atoms with Crippen LogP contribution in [-0.4, -0.2) is 63.3 Å². The molecule has 1 saturated heterocycles. The molecular formula is C22H26N2O6S. The molecule has 8 nitrogen and oxygen atoms in total. The molecule has 2 heterocycles. The van der Waals surface area contributed by atoms with Crippen molar-refractivity contribution in [3.63, 3.8) is 0 Å². The van der Waals surface area contributed by atoms with Crippen LogP contribution in [0.15, 0.2) is 53.4 Å². The number of nitrogens with one attached hydrogen (secondary N) is 1. The van der Waals surface area contributed by atoms with E-state index in [2.05, 4.69) is 4.72 Å². The van der Waals surface area contributed by atoms with Crippen molar-refractivity contribution in [2.24, 2.45) is 0 Å². The predicted molar refractivity (Wildman–Crippen MR) is 115 cm³/mol. The first-order valence-corrected chi connectivity index (χ1v) is 11.6. The van der Waals surface area contributed by atoms with Gasteiger partial charge in [-0.2, -0.15) is 0 Å². The van der Waals surface area contributed by atoms with Gasteiger partial charge in [0.2, 0.25) is 5.91 Å². The highest BCUT2D eigenvalue weighted by molar-refractivity contribution is 7.92. The zero-order valence-corrected chi connectivity index (χ0v) is 18.2. The van der Waals surface area contributed by atoms with Crippen LogP contribution in [-0.2, 0) is 19.6 Å². The second-order valence-electron chi connectivity index (χ2n) is 8.07. The zero-order valence-electron chi connectivity index (χ0n) is 17.4. The maximum Gasteiger partial charge on any atom is 0.261 e. The van der Waals surface area contributed by atoms with Crippen LogP contribution in [0.4, 0.5) is 5.69 Å². The van der Waals surface area contributed by atoms with E-state index in [0.717, 1.165) is 5.56 Å². The van der Waals surface area contributed by atoms with Crippen molar-refractivity contribution in [2.45, 2.75) is 42.0 Å². The fourth-order valence-electron chi connectivity index (χ4n) is 4.14. The van der Waals surface area contributed by atoms with E-state index in [4.69, 9.17) is 9.47 Å². The number of carbonyl (C=O) groups excluding carboxylic acids is 1. The summed E-state index contributed by atoms with van der Waals surface area (Å²) >= 11 is 0. The number of amides is 1. The molecule has 2 aliphatic heterocycles. The SMILES string of the molecule is CN(C)C(=O)C[C@@H]1C[C@@H]2c3cc(NS(=O)(=O)c4ccccc4)ccc3O[C@@H]2[C@H](CO)O1. The molecule has 0 spiro atoms. The van der Waals surface area contributed by atoms with Crippen LogP contribution in [0.5, 0.6) is 5.75 Å². The first-order chi connectivity index (χ1) is 14.8. The summed E-state index contributed by atoms with van der Waals surface area (Å²) in [5.41, 5.74) is 1.28. The Morgan fingerprint density at radius 1 is 1.19 bits per heavy atom. The highest BCUT2D eigenvalue weighted by Crippen LogP contribution is 2.47. The molecule has 0 saturated carbocycles. The third kappa shape index (κ3) is 4.39. The Balaban J connectivity index is 1.58. The van der Waals surface area contributed by atoms with Crippen molar-refractivity contribution in [3.8, 4) is 5.75 Å². The van der Waals surface area contributed by atoms with Crippen molar-refractivity contribution in [3.05, 3.63) is 54.1 Å². The highest BCUT2D eigenvalue weighted by atomic mass is 32.2. The lowest BCUT2D eigenvalue weighted by molar-refractivity contribution is -0.147. The van der Waals surface area contributed by atoms with Crippen molar-refractivity contribution in [1.29, 1.82) is 0 Å². The summed E-state index contributed by atoms with van der Waals surface area (Å²) in [5.74, 6) is 0.477. The maximum atomic E-state index is 12.7. The van der Waals surface area contributed by atoms with Crippen LogP contribution in [0, 0.1) is 0 Å². The van der Waals surface area contributed by atoms with E-state index in [1.807, 2.05) is 0 Å². The fraction of sp³-hybridized carbons (Fsp3) is 0.409. The minimum atomic E-state index is -3.72. The summed E-state index contributed by atoms with van der Waals surface area (Å²) in [6, 6.07) is 13.3. The minimum Gasteiger partial charge on any atom is -0.487 e. The molecule has 0 bridgehead atoms. The van der Waals surface area contributed by atoms with E-state index >= 15 is 0 Å². The smallest absolute Gasteiger partial charge is 0.261 e. The normalized spacial score (nSPS) is 24.6. The van der Waals surface area contributed by atoms with Crippen LogP contribution in [0.3, 0.4) is 0 Å². The van der Waals surface area contributed by atoms with E-state index in [-0.39, 0.29) is 42.0 Å². The molecule has 4 atom stereocenters. The molecule has 0 unspecified atom stereocenters. The largest absolute Gasteiger partial charge is 0.487 e. The van der Waals surface area contributed by atoms with Crippen molar-refractivity contribution < 1.29 is 27.8 Å². The molecule has 166 valence electrons. The van der Waals surface area contributed by atoms with E-state index in [9.17, 15) is 18.3 Å². The topological polar surface area (TPSA) is 105 Å². The van der Waals surface area contributed by atoms with Crippen LogP contribution in [0.1, 0.15) is 24.3 Å². The Hall–Kier alpha value is -2.62. The van der Waals surface area contributed by atoms with Gasteiger partial charge < -0.3 is 19.5 Å².